The van der Waals surface area contributed by atoms with Gasteiger partial charge in [-0.25, -0.2) is 8.42 Å². The van der Waals surface area contributed by atoms with Gasteiger partial charge in [-0.2, -0.15) is 17.5 Å². The van der Waals surface area contributed by atoms with E-state index in [2.05, 4.69) is 10.1 Å². The van der Waals surface area contributed by atoms with Crippen LogP contribution in [-0.4, -0.2) is 44.5 Å². The minimum atomic E-state index is -4.43. The van der Waals surface area contributed by atoms with Crippen molar-refractivity contribution in [2.45, 2.75) is 31.5 Å². The number of carbonyl (C=O) groups excluding carboxylic acids is 1. The fourth-order valence-electron chi connectivity index (χ4n) is 2.70. The van der Waals surface area contributed by atoms with Gasteiger partial charge in [-0.05, 0) is 35.9 Å². The van der Waals surface area contributed by atoms with Gasteiger partial charge in [0, 0.05) is 19.6 Å². The first-order valence-electron chi connectivity index (χ1n) is 9.34. The number of carbonyl (C=O) groups is 1. The molecule has 2 rings (SSSR count). The maximum atomic E-state index is 12.7. The largest absolute Gasteiger partial charge is 0.484 e. The van der Waals surface area contributed by atoms with Gasteiger partial charge >= 0.3 is 6.18 Å². The highest BCUT2D eigenvalue weighted by Crippen LogP contribution is 2.23. The van der Waals surface area contributed by atoms with Crippen molar-refractivity contribution >= 4 is 27.5 Å². The smallest absolute Gasteiger partial charge is 0.422 e. The number of hydrogen-bond donors (Lipinski definition) is 1. The van der Waals surface area contributed by atoms with E-state index in [9.17, 15) is 26.4 Å². The molecule has 0 spiro atoms. The molecule has 0 radical (unpaired) electrons. The summed E-state index contributed by atoms with van der Waals surface area (Å²) in [6.07, 6.45) is -4.43. The first-order valence-corrected chi connectivity index (χ1v) is 11.2. The maximum Gasteiger partial charge on any atom is 0.422 e. The molecule has 11 heteroatoms. The Bertz CT molecular complexity index is 1010. The lowest BCUT2D eigenvalue weighted by molar-refractivity contribution is -0.153. The SMILES string of the molecule is CCN(CC)S(=O)(=O)c1ccc(Cl)c(C(=O)NCc2ccc(OCC(F)(F)F)cc2)c1. The third kappa shape index (κ3) is 6.84. The van der Waals surface area contributed by atoms with Gasteiger partial charge in [-0.3, -0.25) is 4.79 Å². The molecule has 2 aromatic rings. The predicted octanol–water partition coefficient (Wildman–Crippen LogP) is 4.24. The minimum absolute atomic E-state index is 0.0000264. The Morgan fingerprint density at radius 3 is 2.26 bits per heavy atom. The first-order chi connectivity index (χ1) is 14.5. The first kappa shape index (κ1) is 25.0. The molecule has 0 saturated heterocycles. The quantitative estimate of drug-likeness (QED) is 0.585. The molecule has 0 bridgehead atoms. The molecule has 0 aliphatic rings. The molecule has 1 amide bonds. The third-order valence-corrected chi connectivity index (χ3v) is 6.68. The van der Waals surface area contributed by atoms with E-state index in [0.29, 0.717) is 5.56 Å². The van der Waals surface area contributed by atoms with Crippen molar-refractivity contribution in [1.82, 2.24) is 9.62 Å². The minimum Gasteiger partial charge on any atom is -0.484 e. The van der Waals surface area contributed by atoms with Gasteiger partial charge in [0.25, 0.3) is 5.91 Å². The molecule has 1 N–H and O–H groups in total. The number of sulfonamides is 1. The molecule has 170 valence electrons. The molecular weight excluding hydrogens is 457 g/mol. The van der Waals surface area contributed by atoms with Crippen molar-refractivity contribution in [1.29, 1.82) is 0 Å². The van der Waals surface area contributed by atoms with Crippen LogP contribution in [0.1, 0.15) is 29.8 Å². The number of amides is 1. The van der Waals surface area contributed by atoms with E-state index in [0.717, 1.165) is 0 Å². The normalized spacial score (nSPS) is 12.1. The maximum absolute atomic E-state index is 12.7. The van der Waals surface area contributed by atoms with Crippen LogP contribution in [0.2, 0.25) is 5.02 Å². The van der Waals surface area contributed by atoms with Gasteiger partial charge in [0.15, 0.2) is 6.61 Å². The summed E-state index contributed by atoms with van der Waals surface area (Å²) in [4.78, 5) is 12.5. The molecular formula is C20H22ClF3N2O4S. The van der Waals surface area contributed by atoms with Gasteiger partial charge in [-0.15, -0.1) is 0 Å². The highest BCUT2D eigenvalue weighted by atomic mass is 35.5. The summed E-state index contributed by atoms with van der Waals surface area (Å²) < 4.78 is 67.8. The summed E-state index contributed by atoms with van der Waals surface area (Å²) >= 11 is 6.08. The van der Waals surface area contributed by atoms with Gasteiger partial charge in [0.1, 0.15) is 5.75 Å². The van der Waals surface area contributed by atoms with Crippen LogP contribution in [0.3, 0.4) is 0 Å². The molecule has 0 aromatic heterocycles. The molecule has 0 unspecified atom stereocenters. The van der Waals surface area contributed by atoms with Crippen LogP contribution in [0.5, 0.6) is 5.75 Å². The fraction of sp³-hybridized carbons (Fsp3) is 0.350. The van der Waals surface area contributed by atoms with Gasteiger partial charge < -0.3 is 10.1 Å². The van der Waals surface area contributed by atoms with E-state index in [1.807, 2.05) is 0 Å². The van der Waals surface area contributed by atoms with Crippen LogP contribution in [0, 0.1) is 0 Å². The summed E-state index contributed by atoms with van der Waals surface area (Å²) in [5, 5.41) is 2.70. The van der Waals surface area contributed by atoms with E-state index in [-0.39, 0.29) is 40.9 Å². The predicted molar refractivity (Wildman–Crippen MR) is 111 cm³/mol. The number of rotatable bonds is 9. The second kappa shape index (κ2) is 10.3. The second-order valence-corrected chi connectivity index (χ2v) is 8.81. The third-order valence-electron chi connectivity index (χ3n) is 4.30. The van der Waals surface area contributed by atoms with Crippen LogP contribution in [0.25, 0.3) is 0 Å². The van der Waals surface area contributed by atoms with Crippen molar-refractivity contribution in [2.24, 2.45) is 0 Å². The Labute approximate surface area is 184 Å². The van der Waals surface area contributed by atoms with Crippen molar-refractivity contribution < 1.29 is 31.1 Å². The highest BCUT2D eigenvalue weighted by Gasteiger charge is 2.28. The molecule has 0 fully saturated rings. The molecule has 0 aliphatic carbocycles. The lowest BCUT2D eigenvalue weighted by Gasteiger charge is -2.19. The molecule has 31 heavy (non-hydrogen) atoms. The van der Waals surface area contributed by atoms with Crippen molar-refractivity contribution in [2.75, 3.05) is 19.7 Å². The van der Waals surface area contributed by atoms with Crippen LogP contribution in [0.4, 0.5) is 13.2 Å². The molecule has 6 nitrogen and oxygen atoms in total. The Morgan fingerprint density at radius 2 is 1.71 bits per heavy atom. The Morgan fingerprint density at radius 1 is 1.10 bits per heavy atom. The average molecular weight is 479 g/mol. The second-order valence-electron chi connectivity index (χ2n) is 6.46. The zero-order valence-corrected chi connectivity index (χ0v) is 18.4. The van der Waals surface area contributed by atoms with E-state index < -0.39 is 28.7 Å². The molecule has 0 aliphatic heterocycles. The molecule has 0 heterocycles. The van der Waals surface area contributed by atoms with E-state index in [4.69, 9.17) is 11.6 Å². The molecule has 0 saturated carbocycles. The topological polar surface area (TPSA) is 75.7 Å². The summed E-state index contributed by atoms with van der Waals surface area (Å²) in [6.45, 7) is 2.65. The number of ether oxygens (including phenoxy) is 1. The van der Waals surface area contributed by atoms with Crippen LogP contribution >= 0.6 is 11.6 Å². The standard InChI is InChI=1S/C20H22ClF3N2O4S/c1-3-26(4-2)31(28,29)16-9-10-18(21)17(11-16)19(27)25-12-14-5-7-15(8-6-14)30-13-20(22,23)24/h5-11H,3-4,12-13H2,1-2H3,(H,25,27). The van der Waals surface area contributed by atoms with Crippen molar-refractivity contribution in [3.8, 4) is 5.75 Å². The Hall–Kier alpha value is -2.30. The zero-order valence-electron chi connectivity index (χ0n) is 16.9. The fourth-order valence-corrected chi connectivity index (χ4v) is 4.39. The molecule has 0 atom stereocenters. The average Bonchev–Trinajstić information content (AvgIpc) is 2.71. The number of alkyl halides is 3. The molecule has 2 aromatic carbocycles. The van der Waals surface area contributed by atoms with Gasteiger partial charge in [-0.1, -0.05) is 37.6 Å². The summed E-state index contributed by atoms with van der Waals surface area (Å²) in [6, 6.07) is 9.64. The summed E-state index contributed by atoms with van der Waals surface area (Å²) in [5.41, 5.74) is 0.607. The van der Waals surface area contributed by atoms with E-state index >= 15 is 0 Å². The monoisotopic (exact) mass is 478 g/mol. The van der Waals surface area contributed by atoms with E-state index in [1.165, 1.54) is 46.8 Å². The van der Waals surface area contributed by atoms with E-state index in [1.54, 1.807) is 13.8 Å². The summed E-state index contributed by atoms with van der Waals surface area (Å²) in [5.74, 6) is -0.538. The number of nitrogens with zero attached hydrogens (tertiary/aromatic N) is 1. The number of hydrogen-bond acceptors (Lipinski definition) is 4. The van der Waals surface area contributed by atoms with Crippen LogP contribution in [0.15, 0.2) is 47.4 Å². The zero-order chi connectivity index (χ0) is 23.2. The Kier molecular flexibility index (Phi) is 8.33. The number of halogens is 4. The van der Waals surface area contributed by atoms with Crippen LogP contribution in [-0.2, 0) is 16.6 Å². The number of benzene rings is 2. The van der Waals surface area contributed by atoms with Gasteiger partial charge in [0.2, 0.25) is 10.0 Å². The number of nitrogens with one attached hydrogen (secondary N) is 1. The summed E-state index contributed by atoms with van der Waals surface area (Å²) in [7, 11) is -3.76. The lowest BCUT2D eigenvalue weighted by Crippen LogP contribution is -2.31. The van der Waals surface area contributed by atoms with Crippen molar-refractivity contribution in [3.63, 3.8) is 0 Å². The lowest BCUT2D eigenvalue weighted by atomic mass is 10.2. The highest BCUT2D eigenvalue weighted by molar-refractivity contribution is 7.89. The van der Waals surface area contributed by atoms with Crippen molar-refractivity contribution in [3.05, 3.63) is 58.6 Å². The van der Waals surface area contributed by atoms with Crippen LogP contribution < -0.4 is 10.1 Å². The Balaban J connectivity index is 2.09. The van der Waals surface area contributed by atoms with Gasteiger partial charge in [0.05, 0.1) is 15.5 Å².